The fourth-order valence-electron chi connectivity index (χ4n) is 1.99. The first-order valence-electron chi connectivity index (χ1n) is 7.23. The molecular weight excluding hydrogens is 280 g/mol. The molecule has 0 aliphatic rings. The van der Waals surface area contributed by atoms with Crippen LogP contribution >= 0.6 is 0 Å². The molecule has 116 valence electrons. The highest BCUT2D eigenvalue weighted by Crippen LogP contribution is 2.16. The Morgan fingerprint density at radius 1 is 1.27 bits per heavy atom. The van der Waals surface area contributed by atoms with Crippen LogP contribution in [0, 0.1) is 0 Å². The molecule has 0 aliphatic heterocycles. The van der Waals surface area contributed by atoms with E-state index in [1.807, 2.05) is 42.5 Å². The van der Waals surface area contributed by atoms with Crippen molar-refractivity contribution in [2.75, 3.05) is 6.61 Å². The molecular formula is C17H20N2O3. The van der Waals surface area contributed by atoms with Gasteiger partial charge in [0.25, 0.3) is 0 Å². The Labute approximate surface area is 130 Å². The van der Waals surface area contributed by atoms with E-state index in [9.17, 15) is 4.79 Å². The van der Waals surface area contributed by atoms with Gasteiger partial charge in [-0.3, -0.25) is 9.78 Å². The molecule has 2 rings (SSSR count). The number of hydrogen-bond donors (Lipinski definition) is 1. The van der Waals surface area contributed by atoms with Crippen LogP contribution in [0.3, 0.4) is 0 Å². The summed E-state index contributed by atoms with van der Waals surface area (Å²) >= 11 is 0. The summed E-state index contributed by atoms with van der Waals surface area (Å²) in [6, 6.07) is 12.5. The molecule has 5 nitrogen and oxygen atoms in total. The second-order valence-electron chi connectivity index (χ2n) is 4.82. The molecule has 0 fully saturated rings. The highest BCUT2D eigenvalue weighted by molar-refractivity contribution is 5.75. The Kier molecular flexibility index (Phi) is 5.91. The lowest BCUT2D eigenvalue weighted by atomic mass is 10.1. The number of benzene rings is 1. The molecule has 2 N–H and O–H groups in total. The van der Waals surface area contributed by atoms with Crippen LogP contribution in [0.4, 0.5) is 0 Å². The van der Waals surface area contributed by atoms with Crippen molar-refractivity contribution in [3.8, 4) is 5.75 Å². The quantitative estimate of drug-likeness (QED) is 0.793. The molecule has 2 aromatic rings. The van der Waals surface area contributed by atoms with Crippen LogP contribution in [0.1, 0.15) is 18.2 Å². The van der Waals surface area contributed by atoms with Gasteiger partial charge in [-0.15, -0.1) is 0 Å². The van der Waals surface area contributed by atoms with Gasteiger partial charge in [-0.25, -0.2) is 0 Å². The second kappa shape index (κ2) is 8.14. The van der Waals surface area contributed by atoms with Gasteiger partial charge in [-0.05, 0) is 43.2 Å². The van der Waals surface area contributed by atoms with Crippen LogP contribution in [-0.2, 0) is 22.6 Å². The van der Waals surface area contributed by atoms with Gasteiger partial charge in [-0.2, -0.15) is 0 Å². The number of esters is 1. The third-order valence-corrected chi connectivity index (χ3v) is 3.06. The van der Waals surface area contributed by atoms with Gasteiger partial charge in [0.05, 0.1) is 12.3 Å². The second-order valence-corrected chi connectivity index (χ2v) is 4.82. The van der Waals surface area contributed by atoms with E-state index in [4.69, 9.17) is 15.2 Å². The van der Waals surface area contributed by atoms with Gasteiger partial charge in [-0.1, -0.05) is 18.2 Å². The smallest absolute Gasteiger partial charge is 0.323 e. The molecule has 0 radical (unpaired) electrons. The minimum Gasteiger partial charge on any atom is -0.487 e. The van der Waals surface area contributed by atoms with Gasteiger partial charge in [0.1, 0.15) is 18.4 Å². The standard InChI is InChI=1S/C17H20N2O3/c1-2-21-17(20)16(18)11-13-6-5-8-15(10-13)22-12-14-7-3-4-9-19-14/h3-10,16H,2,11-12,18H2,1H3. The number of hydrogen-bond acceptors (Lipinski definition) is 5. The minimum absolute atomic E-state index is 0.333. The highest BCUT2D eigenvalue weighted by Gasteiger charge is 2.15. The number of nitrogens with zero attached hydrogens (tertiary/aromatic N) is 1. The van der Waals surface area contributed by atoms with Crippen molar-refractivity contribution in [1.29, 1.82) is 0 Å². The SMILES string of the molecule is CCOC(=O)C(N)Cc1cccc(OCc2ccccn2)c1. The van der Waals surface area contributed by atoms with Crippen LogP contribution in [0.15, 0.2) is 48.7 Å². The maximum Gasteiger partial charge on any atom is 0.323 e. The first kappa shape index (κ1) is 16.0. The zero-order valence-corrected chi connectivity index (χ0v) is 12.6. The summed E-state index contributed by atoms with van der Waals surface area (Å²) in [5.41, 5.74) is 7.61. The number of pyridine rings is 1. The predicted octanol–water partition coefficient (Wildman–Crippen LogP) is 2.09. The predicted molar refractivity (Wildman–Crippen MR) is 83.3 cm³/mol. The number of carbonyl (C=O) groups is 1. The minimum atomic E-state index is -0.661. The zero-order chi connectivity index (χ0) is 15.8. The molecule has 0 spiro atoms. The summed E-state index contributed by atoms with van der Waals surface area (Å²) in [7, 11) is 0. The topological polar surface area (TPSA) is 74.4 Å². The molecule has 1 atom stereocenters. The Hall–Kier alpha value is -2.40. The van der Waals surface area contributed by atoms with E-state index < -0.39 is 6.04 Å². The van der Waals surface area contributed by atoms with Crippen LogP contribution in [0.25, 0.3) is 0 Å². The zero-order valence-electron chi connectivity index (χ0n) is 12.6. The fourth-order valence-corrected chi connectivity index (χ4v) is 1.99. The summed E-state index contributed by atoms with van der Waals surface area (Å²) < 4.78 is 10.6. The van der Waals surface area contributed by atoms with E-state index in [1.54, 1.807) is 13.1 Å². The number of nitrogens with two attached hydrogens (primary N) is 1. The van der Waals surface area contributed by atoms with Crippen molar-refractivity contribution >= 4 is 5.97 Å². The highest BCUT2D eigenvalue weighted by atomic mass is 16.5. The van der Waals surface area contributed by atoms with Gasteiger partial charge >= 0.3 is 5.97 Å². The summed E-state index contributed by atoms with van der Waals surface area (Å²) in [5.74, 6) is 0.335. The van der Waals surface area contributed by atoms with E-state index in [1.165, 1.54) is 0 Å². The molecule has 1 aromatic carbocycles. The first-order chi connectivity index (χ1) is 10.7. The third kappa shape index (κ3) is 4.86. The lowest BCUT2D eigenvalue weighted by Gasteiger charge is -2.12. The van der Waals surface area contributed by atoms with Gasteiger partial charge in [0.2, 0.25) is 0 Å². The monoisotopic (exact) mass is 300 g/mol. The lowest BCUT2D eigenvalue weighted by molar-refractivity contribution is -0.144. The van der Waals surface area contributed by atoms with Crippen LogP contribution < -0.4 is 10.5 Å². The van der Waals surface area contributed by atoms with Crippen molar-refractivity contribution in [3.05, 3.63) is 59.9 Å². The molecule has 0 saturated heterocycles. The lowest BCUT2D eigenvalue weighted by Crippen LogP contribution is -2.34. The molecule has 0 aliphatic carbocycles. The van der Waals surface area contributed by atoms with E-state index in [0.717, 1.165) is 17.0 Å². The van der Waals surface area contributed by atoms with E-state index in [2.05, 4.69) is 4.98 Å². The van der Waals surface area contributed by atoms with E-state index in [0.29, 0.717) is 19.6 Å². The molecule has 5 heteroatoms. The molecule has 1 unspecified atom stereocenters. The van der Waals surface area contributed by atoms with Gasteiger partial charge in [0.15, 0.2) is 0 Å². The van der Waals surface area contributed by atoms with E-state index in [-0.39, 0.29) is 5.97 Å². The number of rotatable bonds is 7. The van der Waals surface area contributed by atoms with Crippen molar-refractivity contribution in [2.45, 2.75) is 26.0 Å². The average molecular weight is 300 g/mol. The van der Waals surface area contributed by atoms with Crippen LogP contribution in [0.5, 0.6) is 5.75 Å². The molecule has 0 bridgehead atoms. The van der Waals surface area contributed by atoms with E-state index >= 15 is 0 Å². The summed E-state index contributed by atoms with van der Waals surface area (Å²) in [6.45, 7) is 2.49. The number of carbonyl (C=O) groups excluding carboxylic acids is 1. The Bertz CT molecular complexity index is 602. The Morgan fingerprint density at radius 3 is 2.86 bits per heavy atom. The number of aromatic nitrogens is 1. The van der Waals surface area contributed by atoms with Crippen molar-refractivity contribution < 1.29 is 14.3 Å². The molecule has 1 aromatic heterocycles. The molecule has 0 saturated carbocycles. The largest absolute Gasteiger partial charge is 0.487 e. The number of ether oxygens (including phenoxy) is 2. The third-order valence-electron chi connectivity index (χ3n) is 3.06. The molecule has 22 heavy (non-hydrogen) atoms. The summed E-state index contributed by atoms with van der Waals surface area (Å²) in [4.78, 5) is 15.8. The summed E-state index contributed by atoms with van der Waals surface area (Å²) in [6.07, 6.45) is 2.15. The van der Waals surface area contributed by atoms with Gasteiger partial charge < -0.3 is 15.2 Å². The van der Waals surface area contributed by atoms with Crippen LogP contribution in [0.2, 0.25) is 0 Å². The maximum atomic E-state index is 11.6. The summed E-state index contributed by atoms with van der Waals surface area (Å²) in [5, 5.41) is 0. The van der Waals surface area contributed by atoms with Gasteiger partial charge in [0, 0.05) is 6.20 Å². The Balaban J connectivity index is 1.93. The normalized spacial score (nSPS) is 11.7. The maximum absolute atomic E-state index is 11.6. The first-order valence-corrected chi connectivity index (χ1v) is 7.23. The van der Waals surface area contributed by atoms with Crippen molar-refractivity contribution in [2.24, 2.45) is 5.73 Å². The van der Waals surface area contributed by atoms with Crippen molar-refractivity contribution in [3.63, 3.8) is 0 Å². The average Bonchev–Trinajstić information content (AvgIpc) is 2.54. The van der Waals surface area contributed by atoms with Crippen molar-refractivity contribution in [1.82, 2.24) is 4.98 Å². The molecule has 0 amide bonds. The van der Waals surface area contributed by atoms with Crippen LogP contribution in [-0.4, -0.2) is 23.6 Å². The molecule has 1 heterocycles. The Morgan fingerprint density at radius 2 is 2.14 bits per heavy atom. The fraction of sp³-hybridized carbons (Fsp3) is 0.294.